The normalized spacial score (nSPS) is 21.6. The van der Waals surface area contributed by atoms with Crippen molar-refractivity contribution < 1.29 is 0 Å². The molecule has 0 unspecified atom stereocenters. The van der Waals surface area contributed by atoms with Crippen molar-refractivity contribution in [2.24, 2.45) is 0 Å². The van der Waals surface area contributed by atoms with Gasteiger partial charge in [0.15, 0.2) is 0 Å². The van der Waals surface area contributed by atoms with Crippen molar-refractivity contribution in [1.29, 1.82) is 0 Å². The Balaban J connectivity index is 1.68. The summed E-state index contributed by atoms with van der Waals surface area (Å²) in [5, 5.41) is 2.74. The van der Waals surface area contributed by atoms with Gasteiger partial charge in [0.1, 0.15) is 0 Å². The quantitative estimate of drug-likeness (QED) is 0.216. The number of benzene rings is 6. The van der Waals surface area contributed by atoms with Gasteiger partial charge in [-0.05, 0) is 66.4 Å². The second-order valence-electron chi connectivity index (χ2n) is 10.4. The lowest BCUT2D eigenvalue weighted by Gasteiger charge is -2.56. The van der Waals surface area contributed by atoms with Gasteiger partial charge in [-0.25, -0.2) is 0 Å². The lowest BCUT2D eigenvalue weighted by atomic mass is 9.43. The minimum Gasteiger partial charge on any atom is -0.0619 e. The van der Waals surface area contributed by atoms with E-state index in [1.54, 1.807) is 0 Å². The Morgan fingerprint density at radius 2 is 0.583 bits per heavy atom. The molecular weight excluding hydrogens is 432 g/mol. The maximum Gasteiger partial charge on any atom is 0.0648 e. The highest BCUT2D eigenvalue weighted by molar-refractivity contribution is 6.05. The van der Waals surface area contributed by atoms with Crippen molar-refractivity contribution in [2.75, 3.05) is 0 Å². The van der Waals surface area contributed by atoms with E-state index < -0.39 is 0 Å². The first-order valence-corrected chi connectivity index (χ1v) is 12.8. The summed E-state index contributed by atoms with van der Waals surface area (Å²) in [6.07, 6.45) is 0. The second-order valence-corrected chi connectivity index (χ2v) is 10.4. The maximum atomic E-state index is 2.41. The molecule has 0 heterocycles. The van der Waals surface area contributed by atoms with Gasteiger partial charge in [0.2, 0.25) is 0 Å². The molecule has 6 aromatic rings. The summed E-state index contributed by atoms with van der Waals surface area (Å²) in [5.41, 5.74) is 13.2. The molecule has 3 aliphatic carbocycles. The Morgan fingerprint density at radius 3 is 0.944 bits per heavy atom. The van der Waals surface area contributed by atoms with E-state index in [1.807, 2.05) is 0 Å². The number of rotatable bonds is 0. The molecule has 0 aromatic heterocycles. The van der Waals surface area contributed by atoms with E-state index in [0.29, 0.717) is 0 Å². The Bertz CT molecular complexity index is 1680. The molecule has 0 nitrogen and oxygen atoms in total. The molecule has 0 aliphatic heterocycles. The summed E-state index contributed by atoms with van der Waals surface area (Å²) in [5.74, 6) is 0. The largest absolute Gasteiger partial charge is 0.0648 e. The number of fused-ring (bicyclic) bond motifs is 6. The molecule has 0 bridgehead atoms. The Morgan fingerprint density at radius 1 is 0.278 bits per heavy atom. The van der Waals surface area contributed by atoms with E-state index in [4.69, 9.17) is 0 Å². The van der Waals surface area contributed by atoms with Gasteiger partial charge < -0.3 is 0 Å². The molecule has 0 saturated carbocycles. The van der Waals surface area contributed by atoms with Crippen LogP contribution in [0.4, 0.5) is 0 Å². The standard InChI is InChI=1S/C36H22/c1-5-17-28-24(13-1)25-14-2-6-18-29(25)36-31-20-8-4-16-27(31)26-15-3-7-19-30(26)35(28,36)32-21-9-11-23-12-10-22-33(36)34(23)32/h1-22H. The Labute approximate surface area is 210 Å². The molecule has 0 fully saturated rings. The zero-order chi connectivity index (χ0) is 23.5. The predicted octanol–water partition coefficient (Wildman–Crippen LogP) is 8.48. The van der Waals surface area contributed by atoms with Gasteiger partial charge >= 0.3 is 0 Å². The maximum absolute atomic E-state index is 2.41. The molecule has 6 aromatic carbocycles. The molecule has 9 rings (SSSR count). The van der Waals surface area contributed by atoms with E-state index in [1.165, 1.54) is 66.4 Å². The van der Waals surface area contributed by atoms with Crippen LogP contribution in [0.2, 0.25) is 0 Å². The van der Waals surface area contributed by atoms with E-state index in [-0.39, 0.29) is 10.8 Å². The number of hydrogen-bond donors (Lipinski definition) is 0. The molecule has 3 aliphatic rings. The fourth-order valence-corrected chi connectivity index (χ4v) is 8.23. The zero-order valence-corrected chi connectivity index (χ0v) is 19.7. The fraction of sp³-hybridized carbons (Fsp3) is 0.0556. The average molecular weight is 455 g/mol. The van der Waals surface area contributed by atoms with E-state index in [2.05, 4.69) is 133 Å². The van der Waals surface area contributed by atoms with E-state index in [9.17, 15) is 0 Å². The number of hydrogen-bond acceptors (Lipinski definition) is 0. The van der Waals surface area contributed by atoms with Crippen LogP contribution in [0.5, 0.6) is 0 Å². The molecule has 0 radical (unpaired) electrons. The highest BCUT2D eigenvalue weighted by atomic mass is 14.7. The van der Waals surface area contributed by atoms with Crippen LogP contribution >= 0.6 is 0 Å². The summed E-state index contributed by atoms with van der Waals surface area (Å²) in [6.45, 7) is 0. The van der Waals surface area contributed by atoms with Crippen LogP contribution in [0, 0.1) is 0 Å². The summed E-state index contributed by atoms with van der Waals surface area (Å²) in [4.78, 5) is 0. The topological polar surface area (TPSA) is 0 Å². The Kier molecular flexibility index (Phi) is 3.26. The summed E-state index contributed by atoms with van der Waals surface area (Å²) in [7, 11) is 0. The minimum atomic E-state index is -0.355. The van der Waals surface area contributed by atoms with Crippen LogP contribution in [0.3, 0.4) is 0 Å². The SMILES string of the molecule is c1ccc2c(c1)-c1ccccc1C13c4ccccc4-c4ccccc4C21c1cccc2cccc3c12. The van der Waals surface area contributed by atoms with Gasteiger partial charge in [-0.15, -0.1) is 0 Å². The molecule has 0 N–H and O–H groups in total. The lowest BCUT2D eigenvalue weighted by Crippen LogP contribution is -2.54. The smallest absolute Gasteiger partial charge is 0.0619 e. The van der Waals surface area contributed by atoms with Crippen LogP contribution in [0.25, 0.3) is 33.0 Å². The average Bonchev–Trinajstić information content (AvgIpc) is 3.24. The first-order chi connectivity index (χ1) is 17.9. The van der Waals surface area contributed by atoms with Gasteiger partial charge in [0, 0.05) is 0 Å². The first-order valence-electron chi connectivity index (χ1n) is 12.8. The zero-order valence-electron chi connectivity index (χ0n) is 19.7. The van der Waals surface area contributed by atoms with Gasteiger partial charge in [-0.2, -0.15) is 0 Å². The molecule has 0 amide bonds. The summed E-state index contributed by atoms with van der Waals surface area (Å²) in [6, 6.07) is 50.6. The molecular formula is C36H22. The summed E-state index contributed by atoms with van der Waals surface area (Å²) < 4.78 is 0. The van der Waals surface area contributed by atoms with Crippen LogP contribution in [-0.2, 0) is 10.8 Å². The summed E-state index contributed by atoms with van der Waals surface area (Å²) >= 11 is 0. The molecule has 0 spiro atoms. The first kappa shape index (κ1) is 18.9. The van der Waals surface area contributed by atoms with Crippen LogP contribution in [0.15, 0.2) is 133 Å². The Hall–Kier alpha value is -4.42. The molecule has 0 atom stereocenters. The van der Waals surface area contributed by atoms with Gasteiger partial charge in [-0.1, -0.05) is 133 Å². The van der Waals surface area contributed by atoms with Crippen LogP contribution < -0.4 is 0 Å². The molecule has 36 heavy (non-hydrogen) atoms. The van der Waals surface area contributed by atoms with Crippen molar-refractivity contribution in [3.63, 3.8) is 0 Å². The van der Waals surface area contributed by atoms with Crippen LogP contribution in [0.1, 0.15) is 33.4 Å². The monoisotopic (exact) mass is 454 g/mol. The van der Waals surface area contributed by atoms with Crippen molar-refractivity contribution >= 4 is 10.8 Å². The molecule has 0 heteroatoms. The highest BCUT2D eigenvalue weighted by Crippen LogP contribution is 2.73. The third kappa shape index (κ3) is 1.78. The van der Waals surface area contributed by atoms with Gasteiger partial charge in [-0.3, -0.25) is 0 Å². The third-order valence-electron chi connectivity index (χ3n) is 9.18. The highest BCUT2D eigenvalue weighted by Gasteiger charge is 2.67. The second kappa shape index (κ2) is 6.22. The van der Waals surface area contributed by atoms with Crippen LogP contribution in [-0.4, -0.2) is 0 Å². The van der Waals surface area contributed by atoms with Crippen molar-refractivity contribution in [3.05, 3.63) is 167 Å². The van der Waals surface area contributed by atoms with Crippen molar-refractivity contribution in [3.8, 4) is 22.3 Å². The van der Waals surface area contributed by atoms with E-state index >= 15 is 0 Å². The molecule has 0 saturated heterocycles. The minimum absolute atomic E-state index is 0.355. The molecule has 166 valence electrons. The van der Waals surface area contributed by atoms with Gasteiger partial charge in [0.25, 0.3) is 0 Å². The fourth-order valence-electron chi connectivity index (χ4n) is 8.23. The van der Waals surface area contributed by atoms with Crippen molar-refractivity contribution in [1.82, 2.24) is 0 Å². The third-order valence-corrected chi connectivity index (χ3v) is 9.18. The predicted molar refractivity (Wildman–Crippen MR) is 147 cm³/mol. The van der Waals surface area contributed by atoms with Gasteiger partial charge in [0.05, 0.1) is 10.8 Å². The van der Waals surface area contributed by atoms with E-state index in [0.717, 1.165) is 0 Å². The van der Waals surface area contributed by atoms with Crippen molar-refractivity contribution in [2.45, 2.75) is 10.8 Å². The lowest BCUT2D eigenvalue weighted by molar-refractivity contribution is 0.432.